The molecule has 0 spiro atoms. The van der Waals surface area contributed by atoms with Crippen molar-refractivity contribution in [3.05, 3.63) is 205 Å². The summed E-state index contributed by atoms with van der Waals surface area (Å²) in [5, 5.41) is 12.9. The van der Waals surface area contributed by atoms with Gasteiger partial charge in [0.15, 0.2) is 0 Å². The molecule has 4 heterocycles. The Kier molecular flexibility index (Phi) is 7.71. The maximum absolute atomic E-state index is 2.69. The molecule has 0 saturated carbocycles. The molecule has 3 aliphatic rings. The number of hydrogen-bond acceptors (Lipinski definition) is 1. The fourth-order valence-corrected chi connectivity index (χ4v) is 13.6. The van der Waals surface area contributed by atoms with E-state index < -0.39 is 0 Å². The van der Waals surface area contributed by atoms with Gasteiger partial charge in [-0.15, -0.1) is 0 Å². The molecule has 1 aliphatic carbocycles. The first-order chi connectivity index (χ1) is 35.0. The normalized spacial score (nSPS) is 13.6. The average Bonchev–Trinajstić information content (AvgIpc) is 3.90. The Balaban J connectivity index is 1.11. The molecular formula is C68H50BN3. The van der Waals surface area contributed by atoms with Crippen molar-refractivity contribution < 1.29 is 0 Å². The van der Waals surface area contributed by atoms with Crippen LogP contribution >= 0.6 is 0 Å². The van der Waals surface area contributed by atoms with Crippen molar-refractivity contribution in [1.82, 2.24) is 9.13 Å². The van der Waals surface area contributed by atoms with E-state index in [4.69, 9.17) is 0 Å². The van der Waals surface area contributed by atoms with Crippen LogP contribution in [0.3, 0.4) is 0 Å². The Labute approximate surface area is 419 Å². The van der Waals surface area contributed by atoms with Gasteiger partial charge in [0.25, 0.3) is 6.71 Å². The summed E-state index contributed by atoms with van der Waals surface area (Å²) in [6.45, 7) is 14.0. The molecule has 0 saturated heterocycles. The van der Waals surface area contributed by atoms with Gasteiger partial charge in [-0.2, -0.15) is 0 Å². The van der Waals surface area contributed by atoms with Gasteiger partial charge >= 0.3 is 0 Å². The third-order valence-corrected chi connectivity index (χ3v) is 16.9. The number of fused-ring (bicyclic) bond motifs is 15. The van der Waals surface area contributed by atoms with E-state index >= 15 is 0 Å². The molecule has 0 radical (unpaired) electrons. The van der Waals surface area contributed by atoms with Gasteiger partial charge in [-0.1, -0.05) is 187 Å². The third-order valence-electron chi connectivity index (χ3n) is 16.9. The highest BCUT2D eigenvalue weighted by Gasteiger charge is 2.44. The lowest BCUT2D eigenvalue weighted by atomic mass is 9.33. The zero-order chi connectivity index (χ0) is 48.1. The van der Waals surface area contributed by atoms with Crippen LogP contribution < -0.4 is 21.3 Å². The van der Waals surface area contributed by atoms with E-state index in [-0.39, 0.29) is 17.5 Å². The highest BCUT2D eigenvalue weighted by Crippen LogP contribution is 2.52. The molecule has 340 valence electrons. The molecule has 0 unspecified atom stereocenters. The van der Waals surface area contributed by atoms with E-state index in [0.717, 1.165) is 11.4 Å². The highest BCUT2D eigenvalue weighted by molar-refractivity contribution is 7.00. The number of benzene rings is 11. The highest BCUT2D eigenvalue weighted by atomic mass is 15.2. The van der Waals surface area contributed by atoms with Gasteiger partial charge in [0.1, 0.15) is 0 Å². The van der Waals surface area contributed by atoms with E-state index in [1.54, 1.807) is 0 Å². The number of aromatic nitrogens is 2. The molecule has 16 rings (SSSR count). The van der Waals surface area contributed by atoms with Crippen LogP contribution in [0, 0.1) is 0 Å². The minimum atomic E-state index is -0.0490. The van der Waals surface area contributed by atoms with Gasteiger partial charge in [0, 0.05) is 44.3 Å². The fourth-order valence-electron chi connectivity index (χ4n) is 13.6. The molecule has 0 amide bonds. The molecule has 3 nitrogen and oxygen atoms in total. The Morgan fingerprint density at radius 3 is 1.57 bits per heavy atom. The molecule has 0 bridgehead atoms. The molecule has 72 heavy (non-hydrogen) atoms. The third kappa shape index (κ3) is 5.16. The molecular weight excluding hydrogens is 870 g/mol. The van der Waals surface area contributed by atoms with E-state index in [1.807, 2.05) is 0 Å². The van der Waals surface area contributed by atoms with Crippen LogP contribution in [0.25, 0.3) is 110 Å². The van der Waals surface area contributed by atoms with Gasteiger partial charge in [-0.3, -0.25) is 0 Å². The molecule has 0 fully saturated rings. The smallest absolute Gasteiger partial charge is 0.252 e. The molecule has 13 aromatic rings. The Hall–Kier alpha value is -8.34. The number of hydrogen-bond donors (Lipinski definition) is 0. The summed E-state index contributed by atoms with van der Waals surface area (Å²) in [5.41, 5.74) is 22.9. The van der Waals surface area contributed by atoms with Crippen LogP contribution in [0.1, 0.15) is 52.7 Å². The van der Waals surface area contributed by atoms with Gasteiger partial charge in [0.2, 0.25) is 0 Å². The number of rotatable bonds is 2. The quantitative estimate of drug-likeness (QED) is 0.158. The van der Waals surface area contributed by atoms with Crippen molar-refractivity contribution in [1.29, 1.82) is 0 Å². The van der Waals surface area contributed by atoms with Crippen LogP contribution in [0.15, 0.2) is 194 Å². The van der Waals surface area contributed by atoms with Gasteiger partial charge in [-0.05, 0) is 141 Å². The van der Waals surface area contributed by atoms with Crippen molar-refractivity contribution in [3.63, 3.8) is 0 Å². The fraction of sp³-hybridized carbons (Fsp3) is 0.118. The topological polar surface area (TPSA) is 13.1 Å². The predicted octanol–water partition coefficient (Wildman–Crippen LogP) is 16.2. The first-order valence-electron chi connectivity index (χ1n) is 25.7. The summed E-state index contributed by atoms with van der Waals surface area (Å²) >= 11 is 0. The second kappa shape index (κ2) is 13.7. The zero-order valence-corrected chi connectivity index (χ0v) is 41.4. The first-order valence-corrected chi connectivity index (χ1v) is 25.7. The number of anilines is 3. The summed E-state index contributed by atoms with van der Waals surface area (Å²) in [4.78, 5) is 2.60. The minimum absolute atomic E-state index is 0.0194. The lowest BCUT2D eigenvalue weighted by Crippen LogP contribution is -2.60. The van der Waals surface area contributed by atoms with Crippen molar-refractivity contribution >= 4 is 116 Å². The van der Waals surface area contributed by atoms with Gasteiger partial charge in [-0.25, -0.2) is 0 Å². The SMILES string of the molecule is CC(C)(C)c1ccc(N2c3ccc(C(C)(C)C)cc3B3c4c2cc(-n2c5ccc6ccccc6c5c5c6ccccc6ccc52)cc4-n2c4ccc5cccc6c5c4c4c(ccc3c42)-c2ccccc2-6)cc1. The van der Waals surface area contributed by atoms with Crippen molar-refractivity contribution in [2.45, 2.75) is 52.4 Å². The average molecular weight is 920 g/mol. The van der Waals surface area contributed by atoms with E-state index in [1.165, 1.54) is 143 Å². The molecule has 2 aliphatic heterocycles. The van der Waals surface area contributed by atoms with Crippen molar-refractivity contribution in [2.24, 2.45) is 0 Å². The summed E-state index contributed by atoms with van der Waals surface area (Å²) in [7, 11) is 0. The first kappa shape index (κ1) is 40.4. The Bertz CT molecular complexity index is 4500. The standard InChI is InChI=1S/C68H50BN3/c1-67(2,3)42-25-28-44(29-26-42)70-54-35-27-43(68(4,5)6)36-53(54)69-52-31-30-51-49-20-12-11-19-48(49)50-21-13-16-41-24-34-57-64(60(41)50)63(51)66(52)72(57)59-38-45(37-58(70)65(59)69)71-55-32-22-39-14-7-9-17-46(39)61(55)62-47-18-10-8-15-40(47)23-33-56(62)71/h7-38H,1-6H3. The molecule has 0 N–H and O–H groups in total. The lowest BCUT2D eigenvalue weighted by Gasteiger charge is -2.41. The molecule has 11 aromatic carbocycles. The molecule has 2 aromatic heterocycles. The van der Waals surface area contributed by atoms with E-state index in [9.17, 15) is 0 Å². The largest absolute Gasteiger partial charge is 0.311 e. The summed E-state index contributed by atoms with van der Waals surface area (Å²) in [6.07, 6.45) is 0. The monoisotopic (exact) mass is 919 g/mol. The predicted molar refractivity (Wildman–Crippen MR) is 309 cm³/mol. The maximum Gasteiger partial charge on any atom is 0.252 e. The van der Waals surface area contributed by atoms with Gasteiger partial charge < -0.3 is 14.0 Å². The zero-order valence-electron chi connectivity index (χ0n) is 41.4. The summed E-state index contributed by atoms with van der Waals surface area (Å²) in [5.74, 6) is 0. The van der Waals surface area contributed by atoms with Crippen LogP contribution in [-0.4, -0.2) is 15.8 Å². The second-order valence-corrected chi connectivity index (χ2v) is 22.9. The minimum Gasteiger partial charge on any atom is -0.311 e. The molecule has 0 atom stereocenters. The van der Waals surface area contributed by atoms with Crippen molar-refractivity contribution in [2.75, 3.05) is 4.90 Å². The lowest BCUT2D eigenvalue weighted by molar-refractivity contribution is 0.590. The Morgan fingerprint density at radius 1 is 0.347 bits per heavy atom. The van der Waals surface area contributed by atoms with Crippen LogP contribution in [0.5, 0.6) is 0 Å². The Morgan fingerprint density at radius 2 is 0.903 bits per heavy atom. The van der Waals surface area contributed by atoms with Crippen molar-refractivity contribution in [3.8, 4) is 33.6 Å². The molecule has 4 heteroatoms. The number of nitrogens with zero attached hydrogens (tertiary/aromatic N) is 3. The van der Waals surface area contributed by atoms with Gasteiger partial charge in [0.05, 0.1) is 27.8 Å². The summed E-state index contributed by atoms with van der Waals surface area (Å²) in [6, 6.07) is 74.9. The van der Waals surface area contributed by atoms with E-state index in [2.05, 4.69) is 250 Å². The van der Waals surface area contributed by atoms with Crippen LogP contribution in [-0.2, 0) is 10.8 Å². The van der Waals surface area contributed by atoms with Crippen LogP contribution in [0.2, 0.25) is 0 Å². The van der Waals surface area contributed by atoms with Crippen LogP contribution in [0.4, 0.5) is 17.1 Å². The second-order valence-electron chi connectivity index (χ2n) is 22.9. The van der Waals surface area contributed by atoms with E-state index in [0.29, 0.717) is 0 Å². The summed E-state index contributed by atoms with van der Waals surface area (Å²) < 4.78 is 5.26. The maximum atomic E-state index is 2.69.